The predicted molar refractivity (Wildman–Crippen MR) is 152 cm³/mol. The molecule has 9 nitrogen and oxygen atoms in total. The van der Waals surface area contributed by atoms with Crippen molar-refractivity contribution in [1.82, 2.24) is 24.9 Å². The maximum atomic E-state index is 12.1. The Morgan fingerprint density at radius 1 is 0.861 bits per heavy atom. The molecule has 2 aromatic carbocycles. The fraction of sp³-hybridized carbons (Fsp3) is 0.333. The number of thiocarbonyl (C=S) groups is 1. The molecule has 2 aromatic rings. The zero-order valence-corrected chi connectivity index (χ0v) is 24.9. The molecule has 0 aliphatic carbocycles. The summed E-state index contributed by atoms with van der Waals surface area (Å²) in [5, 5.41) is 3.64. The van der Waals surface area contributed by atoms with Gasteiger partial charge in [0, 0.05) is 42.7 Å². The van der Waals surface area contributed by atoms with Gasteiger partial charge in [-0.3, -0.25) is 14.7 Å². The van der Waals surface area contributed by atoms with Gasteiger partial charge in [-0.05, 0) is 55.9 Å². The second kappa shape index (κ2) is 10.3. The minimum absolute atomic E-state index is 0.124. The van der Waals surface area contributed by atoms with Crippen LogP contribution in [0.25, 0.3) is 0 Å². The number of hydrogen-bond acceptors (Lipinski definition) is 5. The number of carbonyl (C=O) groups is 2. The van der Waals surface area contributed by atoms with Crippen LogP contribution in [0.2, 0.25) is 0 Å². The Hall–Kier alpha value is -2.70. The number of hydrogen-bond donors (Lipinski definition) is 2. The van der Waals surface area contributed by atoms with E-state index in [1.807, 2.05) is 62.4 Å². The largest absolute Gasteiger partial charge is 0.369 e. The summed E-state index contributed by atoms with van der Waals surface area (Å²) >= 11 is 12.1. The molecular formula is C24H29Br2N7O2S. The second-order valence-corrected chi connectivity index (χ2v) is 11.0. The van der Waals surface area contributed by atoms with Gasteiger partial charge < -0.3 is 16.0 Å². The quantitative estimate of drug-likeness (QED) is 0.475. The van der Waals surface area contributed by atoms with Gasteiger partial charge in [0.15, 0.2) is 10.8 Å². The molecule has 2 unspecified atom stereocenters. The lowest BCUT2D eigenvalue weighted by atomic mass is 9.99. The number of carbonyl (C=O) groups excluding carboxylic acids is 2. The van der Waals surface area contributed by atoms with Crippen LogP contribution in [0.5, 0.6) is 0 Å². The van der Waals surface area contributed by atoms with E-state index in [9.17, 15) is 9.59 Å². The first-order chi connectivity index (χ1) is 16.7. The van der Waals surface area contributed by atoms with E-state index in [-0.39, 0.29) is 18.0 Å². The maximum absolute atomic E-state index is 12.1. The minimum atomic E-state index is -0.780. The summed E-state index contributed by atoms with van der Waals surface area (Å²) in [6.45, 7) is 3.80. The lowest BCUT2D eigenvalue weighted by molar-refractivity contribution is 0.101. The molecule has 0 bridgehead atoms. The highest BCUT2D eigenvalue weighted by molar-refractivity contribution is 9.10. The number of guanidine groups is 1. The zero-order chi connectivity index (χ0) is 27.0. The first kappa shape index (κ1) is 27.9. The Balaban J connectivity index is 0.000000201. The Labute approximate surface area is 233 Å². The van der Waals surface area contributed by atoms with Crippen molar-refractivity contribution in [3.8, 4) is 0 Å². The van der Waals surface area contributed by atoms with E-state index in [1.54, 1.807) is 38.0 Å². The Morgan fingerprint density at radius 2 is 1.36 bits per heavy atom. The molecule has 1 fully saturated rings. The third-order valence-corrected chi connectivity index (χ3v) is 7.92. The highest BCUT2D eigenvalue weighted by atomic mass is 79.9. The van der Waals surface area contributed by atoms with Crippen LogP contribution < -0.4 is 11.1 Å². The smallest absolute Gasteiger partial charge is 0.328 e. The molecule has 12 heteroatoms. The molecule has 0 spiro atoms. The first-order valence-corrected chi connectivity index (χ1v) is 12.9. The SMILES string of the molecule is CN1C(=O)N(C)C(C)(c2cccc(Br)c2)N=C1N.CN1C(=O)N(C)C(C)(c2cccc(Br)c2)NC1=S. The molecule has 2 aliphatic heterocycles. The number of aliphatic imine (C=N–C) groups is 1. The van der Waals surface area contributed by atoms with Crippen LogP contribution in [0.15, 0.2) is 62.5 Å². The predicted octanol–water partition coefficient (Wildman–Crippen LogP) is 4.43. The summed E-state index contributed by atoms with van der Waals surface area (Å²) in [7, 11) is 6.75. The average Bonchev–Trinajstić information content (AvgIpc) is 2.84. The summed E-state index contributed by atoms with van der Waals surface area (Å²) in [6.07, 6.45) is 0. The van der Waals surface area contributed by atoms with Crippen molar-refractivity contribution < 1.29 is 9.59 Å². The van der Waals surface area contributed by atoms with Crippen molar-refractivity contribution in [3.05, 3.63) is 68.6 Å². The van der Waals surface area contributed by atoms with E-state index >= 15 is 0 Å². The van der Waals surface area contributed by atoms with Crippen molar-refractivity contribution in [1.29, 1.82) is 0 Å². The van der Waals surface area contributed by atoms with Crippen LogP contribution in [0.1, 0.15) is 25.0 Å². The average molecular weight is 639 g/mol. The van der Waals surface area contributed by atoms with E-state index in [1.165, 1.54) is 9.80 Å². The third-order valence-electron chi connectivity index (χ3n) is 6.56. The molecule has 2 atom stereocenters. The van der Waals surface area contributed by atoms with Gasteiger partial charge in [-0.15, -0.1) is 0 Å². The molecule has 2 heterocycles. The number of amides is 4. The van der Waals surface area contributed by atoms with Crippen LogP contribution in [0.4, 0.5) is 9.59 Å². The Morgan fingerprint density at radius 3 is 1.92 bits per heavy atom. The molecule has 4 rings (SSSR count). The summed E-state index contributed by atoms with van der Waals surface area (Å²) in [4.78, 5) is 34.6. The summed E-state index contributed by atoms with van der Waals surface area (Å²) in [5.41, 5.74) is 6.27. The number of urea groups is 2. The first-order valence-electron chi connectivity index (χ1n) is 10.9. The van der Waals surface area contributed by atoms with Crippen molar-refractivity contribution in [2.45, 2.75) is 25.2 Å². The number of nitrogens with zero attached hydrogens (tertiary/aromatic N) is 5. The van der Waals surface area contributed by atoms with Gasteiger partial charge in [-0.1, -0.05) is 56.1 Å². The monoisotopic (exact) mass is 637 g/mol. The Kier molecular flexibility index (Phi) is 8.01. The van der Waals surface area contributed by atoms with Crippen LogP contribution in [0.3, 0.4) is 0 Å². The van der Waals surface area contributed by atoms with Crippen molar-refractivity contribution in [3.63, 3.8) is 0 Å². The standard InChI is InChI=1S/C12H15BrN4O.C12H14BrN3OS/c1-12(8-5-4-6-9(13)7-8)15-10(14)16(2)11(18)17(12)3;1-12(8-5-4-6-9(13)7-8)14-10(18)15(2)11(17)16(12)3/h4-7H,1-3H3,(H2,14,15);4-7H,1-3H3,(H,14,18). The van der Waals surface area contributed by atoms with Gasteiger partial charge in [0.05, 0.1) is 0 Å². The fourth-order valence-electron chi connectivity index (χ4n) is 3.86. The van der Waals surface area contributed by atoms with E-state index < -0.39 is 11.3 Å². The van der Waals surface area contributed by atoms with E-state index in [4.69, 9.17) is 18.0 Å². The Bertz CT molecular complexity index is 1240. The summed E-state index contributed by atoms with van der Waals surface area (Å²) in [6, 6.07) is 15.2. The molecule has 0 saturated carbocycles. The number of rotatable bonds is 2. The van der Waals surface area contributed by atoms with E-state index in [2.05, 4.69) is 42.2 Å². The lowest BCUT2D eigenvalue weighted by Crippen LogP contribution is -2.67. The van der Waals surface area contributed by atoms with Gasteiger partial charge in [0.2, 0.25) is 5.96 Å². The van der Waals surface area contributed by atoms with Crippen LogP contribution in [-0.2, 0) is 11.3 Å². The molecule has 1 saturated heterocycles. The topological polar surface area (TPSA) is 97.5 Å². The molecule has 2 aliphatic rings. The molecule has 36 heavy (non-hydrogen) atoms. The second-order valence-electron chi connectivity index (χ2n) is 8.82. The lowest BCUT2D eigenvalue weighted by Gasteiger charge is -2.47. The molecule has 0 aromatic heterocycles. The van der Waals surface area contributed by atoms with Crippen molar-refractivity contribution >= 4 is 67.2 Å². The van der Waals surface area contributed by atoms with Crippen LogP contribution in [0, 0.1) is 0 Å². The summed E-state index contributed by atoms with van der Waals surface area (Å²) in [5.74, 6) is 0.223. The van der Waals surface area contributed by atoms with E-state index in [0.717, 1.165) is 20.1 Å². The number of halogens is 2. The van der Waals surface area contributed by atoms with Gasteiger partial charge in [0.25, 0.3) is 0 Å². The zero-order valence-electron chi connectivity index (χ0n) is 20.9. The highest BCUT2D eigenvalue weighted by Gasteiger charge is 2.42. The van der Waals surface area contributed by atoms with Crippen molar-refractivity contribution in [2.24, 2.45) is 10.7 Å². The van der Waals surface area contributed by atoms with E-state index in [0.29, 0.717) is 5.11 Å². The normalized spacial score (nSPS) is 24.2. The molecule has 192 valence electrons. The highest BCUT2D eigenvalue weighted by Crippen LogP contribution is 2.33. The van der Waals surface area contributed by atoms with Crippen LogP contribution in [-0.4, -0.2) is 70.9 Å². The minimum Gasteiger partial charge on any atom is -0.369 e. The molecule has 3 N–H and O–H groups in total. The number of nitrogens with one attached hydrogen (secondary N) is 1. The van der Waals surface area contributed by atoms with Gasteiger partial charge in [-0.25, -0.2) is 14.6 Å². The van der Waals surface area contributed by atoms with Crippen LogP contribution >= 0.6 is 44.1 Å². The molecule has 0 radical (unpaired) electrons. The maximum Gasteiger partial charge on any atom is 0.328 e. The molecular weight excluding hydrogens is 610 g/mol. The number of nitrogens with two attached hydrogens (primary N) is 1. The number of benzene rings is 2. The fourth-order valence-corrected chi connectivity index (χ4v) is 4.94. The van der Waals surface area contributed by atoms with Crippen molar-refractivity contribution in [2.75, 3.05) is 28.2 Å². The summed E-state index contributed by atoms with van der Waals surface area (Å²) < 4.78 is 1.91. The van der Waals surface area contributed by atoms with Gasteiger partial charge in [0.1, 0.15) is 5.66 Å². The molecule has 4 amide bonds. The van der Waals surface area contributed by atoms with Gasteiger partial charge in [-0.2, -0.15) is 0 Å². The third kappa shape index (κ3) is 5.07. The van der Waals surface area contributed by atoms with Gasteiger partial charge >= 0.3 is 12.1 Å².